The molecule has 3 nitrogen and oxygen atoms in total. The molecule has 90 valence electrons. The van der Waals surface area contributed by atoms with E-state index in [2.05, 4.69) is 47.0 Å². The third kappa shape index (κ3) is 3.29. The number of nitrogens with two attached hydrogens (primary N) is 1. The van der Waals surface area contributed by atoms with Gasteiger partial charge in [0.1, 0.15) is 5.01 Å². The van der Waals surface area contributed by atoms with E-state index in [1.807, 2.05) is 11.8 Å². The molecule has 0 atom stereocenters. The zero-order chi connectivity index (χ0) is 12.1. The topological polar surface area (TPSA) is 50.9 Å². The summed E-state index contributed by atoms with van der Waals surface area (Å²) in [6.45, 7) is 2.78. The molecule has 17 heavy (non-hydrogen) atoms. The maximum atomic E-state index is 5.28. The van der Waals surface area contributed by atoms with Gasteiger partial charge in [-0.05, 0) is 17.9 Å². The van der Waals surface area contributed by atoms with Crippen molar-refractivity contribution in [3.8, 4) is 11.3 Å². The van der Waals surface area contributed by atoms with Gasteiger partial charge in [-0.15, -0.1) is 23.1 Å². The highest BCUT2D eigenvalue weighted by Crippen LogP contribution is 2.25. The van der Waals surface area contributed by atoms with Crippen LogP contribution in [0.1, 0.15) is 11.9 Å². The first kappa shape index (κ1) is 12.6. The predicted octanol–water partition coefficient (Wildman–Crippen LogP) is 2.89. The van der Waals surface area contributed by atoms with Crippen LogP contribution < -0.4 is 11.3 Å². The van der Waals surface area contributed by atoms with Crippen LogP contribution in [-0.2, 0) is 6.54 Å². The molecule has 1 aromatic heterocycles. The van der Waals surface area contributed by atoms with E-state index in [4.69, 9.17) is 5.84 Å². The Morgan fingerprint density at radius 3 is 2.76 bits per heavy atom. The maximum Gasteiger partial charge on any atom is 0.108 e. The summed E-state index contributed by atoms with van der Waals surface area (Å²) in [7, 11) is 0. The lowest BCUT2D eigenvalue weighted by Crippen LogP contribution is -2.20. The number of benzene rings is 1. The molecular formula is C12H15N3S2. The molecule has 0 amide bonds. The van der Waals surface area contributed by atoms with Gasteiger partial charge in [0.15, 0.2) is 0 Å². The Morgan fingerprint density at radius 1 is 1.35 bits per heavy atom. The number of thiazole rings is 1. The van der Waals surface area contributed by atoms with Crippen LogP contribution in [0.15, 0.2) is 34.5 Å². The van der Waals surface area contributed by atoms with Gasteiger partial charge < -0.3 is 0 Å². The SMILES string of the molecule is CCSc1ccc(-c2csc(CNN)n2)cc1. The molecule has 2 rings (SSSR count). The average Bonchev–Trinajstić information content (AvgIpc) is 2.80. The van der Waals surface area contributed by atoms with Crippen molar-refractivity contribution in [1.29, 1.82) is 0 Å². The zero-order valence-electron chi connectivity index (χ0n) is 9.64. The van der Waals surface area contributed by atoms with Crippen LogP contribution in [-0.4, -0.2) is 10.7 Å². The molecule has 0 unspecified atom stereocenters. The van der Waals surface area contributed by atoms with Crippen molar-refractivity contribution in [2.75, 3.05) is 5.75 Å². The Morgan fingerprint density at radius 2 is 2.12 bits per heavy atom. The molecule has 0 aliphatic rings. The highest BCUT2D eigenvalue weighted by molar-refractivity contribution is 7.99. The van der Waals surface area contributed by atoms with Gasteiger partial charge >= 0.3 is 0 Å². The third-order valence-electron chi connectivity index (χ3n) is 2.27. The third-order valence-corrected chi connectivity index (χ3v) is 4.01. The van der Waals surface area contributed by atoms with Crippen molar-refractivity contribution in [3.63, 3.8) is 0 Å². The molecule has 0 aliphatic carbocycles. The van der Waals surface area contributed by atoms with Gasteiger partial charge in [0.2, 0.25) is 0 Å². The van der Waals surface area contributed by atoms with Crippen molar-refractivity contribution in [2.24, 2.45) is 5.84 Å². The second-order valence-corrected chi connectivity index (χ2v) is 5.74. The lowest BCUT2D eigenvalue weighted by molar-refractivity contribution is 0.737. The summed E-state index contributed by atoms with van der Waals surface area (Å²) < 4.78 is 0. The Bertz CT molecular complexity index is 465. The molecule has 1 aromatic carbocycles. The van der Waals surface area contributed by atoms with Crippen molar-refractivity contribution >= 4 is 23.1 Å². The normalized spacial score (nSPS) is 10.7. The summed E-state index contributed by atoms with van der Waals surface area (Å²) in [6, 6.07) is 8.52. The predicted molar refractivity (Wildman–Crippen MR) is 75.0 cm³/mol. The Labute approximate surface area is 109 Å². The van der Waals surface area contributed by atoms with E-state index in [1.54, 1.807) is 11.3 Å². The second-order valence-electron chi connectivity index (χ2n) is 3.46. The highest BCUT2D eigenvalue weighted by atomic mass is 32.2. The van der Waals surface area contributed by atoms with E-state index >= 15 is 0 Å². The fourth-order valence-electron chi connectivity index (χ4n) is 1.50. The number of thioether (sulfide) groups is 1. The second kappa shape index (κ2) is 6.16. The summed E-state index contributed by atoms with van der Waals surface area (Å²) in [5.41, 5.74) is 4.80. The first-order valence-corrected chi connectivity index (χ1v) is 7.31. The largest absolute Gasteiger partial charge is 0.271 e. The monoisotopic (exact) mass is 265 g/mol. The standard InChI is InChI=1S/C12H15N3S2/c1-2-16-10-5-3-9(4-6-10)11-8-17-12(15-11)7-14-13/h3-6,8,14H,2,7,13H2,1H3. The number of nitrogens with zero attached hydrogens (tertiary/aromatic N) is 1. The van der Waals surface area contributed by atoms with Crippen molar-refractivity contribution < 1.29 is 0 Å². The van der Waals surface area contributed by atoms with E-state index in [0.29, 0.717) is 6.54 Å². The van der Waals surface area contributed by atoms with Gasteiger partial charge in [0.25, 0.3) is 0 Å². The number of rotatable bonds is 5. The first-order valence-electron chi connectivity index (χ1n) is 5.44. The quantitative estimate of drug-likeness (QED) is 0.496. The molecule has 2 aromatic rings. The minimum atomic E-state index is 0.619. The van der Waals surface area contributed by atoms with Crippen molar-refractivity contribution in [1.82, 2.24) is 10.4 Å². The summed E-state index contributed by atoms with van der Waals surface area (Å²) in [5, 5.41) is 3.07. The Kier molecular flexibility index (Phi) is 4.56. The van der Waals surface area contributed by atoms with Crippen LogP contribution in [0.2, 0.25) is 0 Å². The zero-order valence-corrected chi connectivity index (χ0v) is 11.3. The summed E-state index contributed by atoms with van der Waals surface area (Å²) in [5.74, 6) is 6.38. The van der Waals surface area contributed by atoms with Crippen LogP contribution in [0.5, 0.6) is 0 Å². The fourth-order valence-corrected chi connectivity index (χ4v) is 2.92. The molecule has 5 heteroatoms. The maximum absolute atomic E-state index is 5.28. The number of hydrogen-bond donors (Lipinski definition) is 2. The van der Waals surface area contributed by atoms with Crippen LogP contribution in [0.3, 0.4) is 0 Å². The molecule has 0 saturated heterocycles. The van der Waals surface area contributed by atoms with Crippen LogP contribution >= 0.6 is 23.1 Å². The van der Waals surface area contributed by atoms with Gasteiger partial charge in [-0.1, -0.05) is 19.1 Å². The van der Waals surface area contributed by atoms with Crippen LogP contribution in [0.4, 0.5) is 0 Å². The first-order chi connectivity index (χ1) is 8.33. The van der Waals surface area contributed by atoms with E-state index in [1.165, 1.54) is 4.90 Å². The fraction of sp³-hybridized carbons (Fsp3) is 0.250. The van der Waals surface area contributed by atoms with Gasteiger partial charge in [0.05, 0.1) is 12.2 Å². The molecule has 0 radical (unpaired) electrons. The van der Waals surface area contributed by atoms with E-state index in [9.17, 15) is 0 Å². The molecule has 0 fully saturated rings. The average molecular weight is 265 g/mol. The lowest BCUT2D eigenvalue weighted by Gasteiger charge is -2.00. The number of hydrazine groups is 1. The van der Waals surface area contributed by atoms with Crippen LogP contribution in [0.25, 0.3) is 11.3 Å². The van der Waals surface area contributed by atoms with Crippen molar-refractivity contribution in [2.45, 2.75) is 18.4 Å². The number of aromatic nitrogens is 1. The highest BCUT2D eigenvalue weighted by Gasteiger charge is 2.04. The van der Waals surface area contributed by atoms with Crippen molar-refractivity contribution in [3.05, 3.63) is 34.7 Å². The molecule has 1 heterocycles. The molecule has 3 N–H and O–H groups in total. The Balaban J connectivity index is 2.15. The van der Waals surface area contributed by atoms with E-state index in [-0.39, 0.29) is 0 Å². The number of nitrogens with one attached hydrogen (secondary N) is 1. The smallest absolute Gasteiger partial charge is 0.108 e. The summed E-state index contributed by atoms with van der Waals surface area (Å²) in [6.07, 6.45) is 0. The van der Waals surface area contributed by atoms with E-state index in [0.717, 1.165) is 22.0 Å². The summed E-state index contributed by atoms with van der Waals surface area (Å²) >= 11 is 3.47. The molecule has 0 bridgehead atoms. The molecule has 0 spiro atoms. The molecule has 0 saturated carbocycles. The van der Waals surface area contributed by atoms with Gasteiger partial charge in [0, 0.05) is 15.8 Å². The minimum absolute atomic E-state index is 0.619. The Hall–Kier alpha value is -0.880. The van der Waals surface area contributed by atoms with E-state index < -0.39 is 0 Å². The van der Waals surface area contributed by atoms with Gasteiger partial charge in [-0.25, -0.2) is 4.98 Å². The molecule has 0 aliphatic heterocycles. The minimum Gasteiger partial charge on any atom is -0.271 e. The molecular weight excluding hydrogens is 250 g/mol. The summed E-state index contributed by atoms with van der Waals surface area (Å²) in [4.78, 5) is 5.82. The van der Waals surface area contributed by atoms with Gasteiger partial charge in [-0.3, -0.25) is 11.3 Å². The number of hydrogen-bond acceptors (Lipinski definition) is 5. The van der Waals surface area contributed by atoms with Crippen LogP contribution in [0, 0.1) is 0 Å². The lowest BCUT2D eigenvalue weighted by atomic mass is 10.2. The van der Waals surface area contributed by atoms with Gasteiger partial charge in [-0.2, -0.15) is 0 Å².